The number of unbranched alkanes of at least 4 members (excludes halogenated alkanes) is 4. The summed E-state index contributed by atoms with van der Waals surface area (Å²) in [7, 11) is -0.455. The minimum absolute atomic E-state index is 0.00682. The standard InChI is InChI=1S/C47H60N9O14P/c1-7-54(35-18-16-34(17-19-35)50-53-38-26-32(3)37(27-40(38)66-5)52-51-36-20-14-31(2)25-39(36)56(61)62)23-24-68-45(58)13-11-9-8-10-12-22-48-43(57)21-15-33-29-55(47(60)49-46(33)59)44-28-41(42(69-44)30-65-4)70-71(63,64)67-6/h14-21,25-27,29,41-42,44H,7-13,22-24,28,30H2,1-6H3,(H,48,57)(H,63,64)(H,49,59,60)/b21-15+,52-51?,53-50?. The summed E-state index contributed by atoms with van der Waals surface area (Å²) >= 11 is 0. The van der Waals surface area contributed by atoms with Crippen molar-refractivity contribution in [3.8, 4) is 5.75 Å². The number of nitro benzene ring substituents is 1. The molecule has 1 aliphatic rings. The Labute approximate surface area is 409 Å². The van der Waals surface area contributed by atoms with Crippen molar-refractivity contribution in [3.05, 3.63) is 115 Å². The molecule has 71 heavy (non-hydrogen) atoms. The molecule has 3 N–H and O–H groups in total. The van der Waals surface area contributed by atoms with Gasteiger partial charge in [0, 0.05) is 70.2 Å². The number of aromatic nitrogens is 2. The maximum Gasteiger partial charge on any atom is 0.472 e. The first-order chi connectivity index (χ1) is 34.0. The topological polar surface area (TPSA) is 290 Å². The molecule has 4 aromatic rings. The van der Waals surface area contributed by atoms with Crippen molar-refractivity contribution in [2.45, 2.75) is 84.2 Å². The zero-order valence-corrected chi connectivity index (χ0v) is 41.4. The predicted octanol–water partition coefficient (Wildman–Crippen LogP) is 8.51. The molecule has 382 valence electrons. The number of esters is 1. The molecule has 4 unspecified atom stereocenters. The Bertz CT molecular complexity index is 2730. The summed E-state index contributed by atoms with van der Waals surface area (Å²) in [6.07, 6.45) is 5.07. The molecule has 24 heteroatoms. The summed E-state index contributed by atoms with van der Waals surface area (Å²) in [5.41, 5.74) is 2.41. The fourth-order valence-electron chi connectivity index (χ4n) is 7.34. The van der Waals surface area contributed by atoms with Crippen molar-refractivity contribution in [1.82, 2.24) is 14.9 Å². The van der Waals surface area contributed by atoms with E-state index in [4.69, 9.17) is 23.5 Å². The van der Waals surface area contributed by atoms with Crippen molar-refractivity contribution in [3.63, 3.8) is 0 Å². The molecule has 1 saturated heterocycles. The number of azo groups is 2. The molecule has 0 saturated carbocycles. The molecule has 1 aliphatic heterocycles. The van der Waals surface area contributed by atoms with E-state index in [1.165, 1.54) is 38.6 Å². The number of aryl methyl sites for hydroxylation is 2. The smallest absolute Gasteiger partial charge is 0.472 e. The van der Waals surface area contributed by atoms with Crippen LogP contribution >= 0.6 is 7.82 Å². The van der Waals surface area contributed by atoms with Crippen LogP contribution in [0.5, 0.6) is 5.75 Å². The SMILES string of the molecule is CCN(CCOC(=O)CCCCCCCNC(=O)/C=C/c1cn(C2CC(OP(=O)(O)OC)C(COC)O2)c(=O)[nH]c1=O)c1ccc(N=Nc2cc(C)c(N=Nc3ccc(C)cc3[N+](=O)[O-])cc2OC)cc1. The molecule has 0 radical (unpaired) electrons. The molecule has 4 atom stereocenters. The van der Waals surface area contributed by atoms with Gasteiger partial charge in [-0.15, -0.1) is 15.3 Å². The number of ether oxygens (including phenoxy) is 4. The number of carbonyl (C=O) groups excluding carboxylic acids is 2. The van der Waals surface area contributed by atoms with Crippen LogP contribution < -0.4 is 26.2 Å². The molecule has 0 bridgehead atoms. The average molecular weight is 1010 g/mol. The lowest BCUT2D eigenvalue weighted by atomic mass is 10.1. The monoisotopic (exact) mass is 1010 g/mol. The average Bonchev–Trinajstić information content (AvgIpc) is 3.73. The Hall–Kier alpha value is -6.75. The molecule has 1 aromatic heterocycles. The number of anilines is 1. The Morgan fingerprint density at radius 1 is 0.986 bits per heavy atom. The summed E-state index contributed by atoms with van der Waals surface area (Å²) < 4.78 is 44.8. The van der Waals surface area contributed by atoms with Gasteiger partial charge >= 0.3 is 19.5 Å². The number of likely N-dealkylation sites (N-methyl/N-ethyl adjacent to an activating group) is 1. The van der Waals surface area contributed by atoms with Crippen molar-refractivity contribution in [1.29, 1.82) is 0 Å². The molecule has 5 rings (SSSR count). The molecule has 1 fully saturated rings. The number of amides is 1. The van der Waals surface area contributed by atoms with Gasteiger partial charge in [-0.3, -0.25) is 43.1 Å². The van der Waals surface area contributed by atoms with Crippen LogP contribution in [0.25, 0.3) is 6.08 Å². The Morgan fingerprint density at radius 2 is 1.70 bits per heavy atom. The van der Waals surface area contributed by atoms with Crippen LogP contribution in [0.3, 0.4) is 0 Å². The third kappa shape index (κ3) is 16.7. The van der Waals surface area contributed by atoms with Gasteiger partial charge in [0.2, 0.25) is 5.91 Å². The lowest BCUT2D eigenvalue weighted by Crippen LogP contribution is -2.33. The first-order valence-electron chi connectivity index (χ1n) is 22.8. The van der Waals surface area contributed by atoms with Crippen molar-refractivity contribution in [2.24, 2.45) is 20.5 Å². The van der Waals surface area contributed by atoms with Gasteiger partial charge < -0.3 is 34.1 Å². The normalized spacial score (nSPS) is 16.7. The van der Waals surface area contributed by atoms with E-state index in [9.17, 15) is 38.8 Å². The van der Waals surface area contributed by atoms with E-state index in [2.05, 4.69) is 40.2 Å². The van der Waals surface area contributed by atoms with Crippen LogP contribution in [-0.2, 0) is 37.4 Å². The molecule has 1 amide bonds. The minimum atomic E-state index is -4.38. The Morgan fingerprint density at radius 3 is 2.41 bits per heavy atom. The first kappa shape index (κ1) is 55.2. The summed E-state index contributed by atoms with van der Waals surface area (Å²) in [5, 5.41) is 31.4. The van der Waals surface area contributed by atoms with Gasteiger partial charge in [-0.05, 0) is 87.2 Å². The second kappa shape index (κ2) is 27.0. The lowest BCUT2D eigenvalue weighted by Gasteiger charge is -2.23. The number of carbonyl (C=O) groups is 2. The number of phosphoric ester groups is 1. The highest BCUT2D eigenvalue weighted by Gasteiger charge is 2.41. The van der Waals surface area contributed by atoms with Gasteiger partial charge in [-0.2, -0.15) is 5.11 Å². The van der Waals surface area contributed by atoms with Gasteiger partial charge in [-0.1, -0.05) is 25.3 Å². The zero-order valence-electron chi connectivity index (χ0n) is 40.5. The molecular formula is C47H60N9O14P. The number of nitro groups is 1. The number of hydrogen-bond acceptors (Lipinski definition) is 18. The largest absolute Gasteiger partial charge is 0.494 e. The number of phosphoric acid groups is 1. The highest BCUT2D eigenvalue weighted by molar-refractivity contribution is 7.47. The van der Waals surface area contributed by atoms with E-state index in [-0.39, 0.29) is 42.5 Å². The van der Waals surface area contributed by atoms with Crippen LogP contribution in [0, 0.1) is 24.0 Å². The van der Waals surface area contributed by atoms with E-state index >= 15 is 0 Å². The van der Waals surface area contributed by atoms with E-state index in [1.54, 1.807) is 31.2 Å². The highest BCUT2D eigenvalue weighted by atomic mass is 31.2. The third-order valence-corrected chi connectivity index (χ3v) is 12.2. The molecule has 2 heterocycles. The van der Waals surface area contributed by atoms with Crippen LogP contribution in [0.2, 0.25) is 0 Å². The minimum Gasteiger partial charge on any atom is -0.494 e. The number of nitrogens with zero attached hydrogens (tertiary/aromatic N) is 7. The number of nitrogens with one attached hydrogen (secondary N) is 2. The number of hydrogen-bond donors (Lipinski definition) is 3. The second-order valence-corrected chi connectivity index (χ2v) is 17.8. The molecule has 0 aliphatic carbocycles. The predicted molar refractivity (Wildman–Crippen MR) is 262 cm³/mol. The summed E-state index contributed by atoms with van der Waals surface area (Å²) in [6.45, 7) is 7.38. The van der Waals surface area contributed by atoms with Gasteiger partial charge in [0.15, 0.2) is 5.69 Å². The van der Waals surface area contributed by atoms with Crippen LogP contribution in [0.4, 0.5) is 34.1 Å². The lowest BCUT2D eigenvalue weighted by molar-refractivity contribution is -0.384. The molecule has 23 nitrogen and oxygen atoms in total. The number of rotatable bonds is 27. The Kier molecular flexibility index (Phi) is 21.0. The molecule has 3 aromatic carbocycles. The number of aromatic amines is 1. The van der Waals surface area contributed by atoms with Crippen molar-refractivity contribution >= 4 is 59.9 Å². The van der Waals surface area contributed by atoms with Crippen molar-refractivity contribution < 1.29 is 52.0 Å². The first-order valence-corrected chi connectivity index (χ1v) is 24.3. The van der Waals surface area contributed by atoms with Crippen LogP contribution in [0.1, 0.15) is 74.8 Å². The number of methoxy groups -OCH3 is 2. The number of benzene rings is 3. The third-order valence-electron chi connectivity index (χ3n) is 11.2. The number of H-pyrrole nitrogens is 1. The maximum atomic E-state index is 12.7. The summed E-state index contributed by atoms with van der Waals surface area (Å²) in [4.78, 5) is 75.2. The van der Waals surface area contributed by atoms with Gasteiger partial charge in [0.05, 0.1) is 42.1 Å². The Balaban J connectivity index is 0.979. The van der Waals surface area contributed by atoms with E-state index in [0.717, 1.165) is 42.2 Å². The van der Waals surface area contributed by atoms with Crippen LogP contribution in [0.15, 0.2) is 96.9 Å². The van der Waals surface area contributed by atoms with Crippen molar-refractivity contribution in [2.75, 3.05) is 59.1 Å². The highest BCUT2D eigenvalue weighted by Crippen LogP contribution is 2.47. The fraction of sp³-hybridized carbons (Fsp3) is 0.447. The summed E-state index contributed by atoms with van der Waals surface area (Å²) in [5.74, 6) is -0.313. The zero-order chi connectivity index (χ0) is 51.5. The maximum absolute atomic E-state index is 12.7. The van der Waals surface area contributed by atoms with Gasteiger partial charge in [0.25, 0.3) is 11.2 Å². The second-order valence-electron chi connectivity index (χ2n) is 16.3. The van der Waals surface area contributed by atoms with E-state index in [0.29, 0.717) is 67.3 Å². The van der Waals surface area contributed by atoms with Gasteiger partial charge in [0.1, 0.15) is 36.5 Å². The van der Waals surface area contributed by atoms with Crippen LogP contribution in [-0.4, -0.2) is 97.6 Å². The van der Waals surface area contributed by atoms with Gasteiger partial charge in [-0.25, -0.2) is 9.36 Å². The molecule has 0 spiro atoms. The van der Waals surface area contributed by atoms with E-state index in [1.807, 2.05) is 38.1 Å². The quantitative estimate of drug-likeness (QED) is 0.00959. The summed E-state index contributed by atoms with van der Waals surface area (Å²) in [6, 6.07) is 15.6. The van der Waals surface area contributed by atoms with E-state index < -0.39 is 48.3 Å². The fourth-order valence-corrected chi connectivity index (χ4v) is 7.99. The molecular weight excluding hydrogens is 946 g/mol.